The van der Waals surface area contributed by atoms with Gasteiger partial charge in [0, 0.05) is 9.75 Å². The summed E-state index contributed by atoms with van der Waals surface area (Å²) in [6.07, 6.45) is 3.67. The largest absolute Gasteiger partial charge is 0.397 e. The van der Waals surface area contributed by atoms with Crippen LogP contribution in [-0.2, 0) is 19.4 Å². The highest BCUT2D eigenvalue weighted by molar-refractivity contribution is 7.13. The minimum atomic E-state index is -0.0731. The second-order valence-electron chi connectivity index (χ2n) is 4.40. The Hall–Kier alpha value is -1.33. The van der Waals surface area contributed by atoms with Crippen molar-refractivity contribution in [2.75, 3.05) is 5.73 Å². The van der Waals surface area contributed by atoms with Crippen LogP contribution in [0.4, 0.5) is 5.69 Å². The van der Waals surface area contributed by atoms with Gasteiger partial charge in [-0.2, -0.15) is 0 Å². The van der Waals surface area contributed by atoms with Crippen molar-refractivity contribution < 1.29 is 4.79 Å². The predicted octanol–water partition coefficient (Wildman–Crippen LogP) is 2.81. The van der Waals surface area contributed by atoms with Crippen molar-refractivity contribution >= 4 is 34.3 Å². The molecule has 5 heteroatoms. The van der Waals surface area contributed by atoms with Gasteiger partial charge in [-0.3, -0.25) is 4.79 Å². The molecule has 0 aliphatic heterocycles. The molecule has 2 aromatic heterocycles. The number of rotatable bonds is 3. The molecule has 0 unspecified atom stereocenters. The summed E-state index contributed by atoms with van der Waals surface area (Å²) in [4.78, 5) is 15.2. The zero-order valence-electron chi connectivity index (χ0n) is 9.86. The summed E-state index contributed by atoms with van der Waals surface area (Å²) < 4.78 is 0. The maximum absolute atomic E-state index is 11.9. The molecule has 0 spiro atoms. The van der Waals surface area contributed by atoms with Crippen LogP contribution in [0.1, 0.15) is 31.4 Å². The van der Waals surface area contributed by atoms with Crippen LogP contribution < -0.4 is 11.1 Å². The van der Waals surface area contributed by atoms with Gasteiger partial charge in [-0.05, 0) is 42.3 Å². The number of nitrogen functional groups attached to an aromatic ring is 1. The standard InChI is InChI=1S/C13H14N2OS2/c14-10-4-5-17-12(10)13(16)15-7-9-6-8-2-1-3-11(8)18-9/h4-6H,1-3,7,14H2,(H,15,16). The fourth-order valence-electron chi connectivity index (χ4n) is 2.23. The van der Waals surface area contributed by atoms with E-state index in [0.29, 0.717) is 17.1 Å². The molecule has 1 aliphatic rings. The monoisotopic (exact) mass is 278 g/mol. The number of hydrogen-bond donors (Lipinski definition) is 2. The lowest BCUT2D eigenvalue weighted by Crippen LogP contribution is -2.22. The normalized spacial score (nSPS) is 13.6. The highest BCUT2D eigenvalue weighted by atomic mass is 32.1. The zero-order chi connectivity index (χ0) is 12.5. The number of carbonyl (C=O) groups excluding carboxylic acids is 1. The van der Waals surface area contributed by atoms with Gasteiger partial charge in [0.2, 0.25) is 0 Å². The third-order valence-electron chi connectivity index (χ3n) is 3.12. The van der Waals surface area contributed by atoms with Crippen LogP contribution in [0, 0.1) is 0 Å². The molecule has 1 aliphatic carbocycles. The van der Waals surface area contributed by atoms with Gasteiger partial charge in [0.25, 0.3) is 5.91 Å². The van der Waals surface area contributed by atoms with Gasteiger partial charge >= 0.3 is 0 Å². The van der Waals surface area contributed by atoms with Crippen molar-refractivity contribution in [2.24, 2.45) is 0 Å². The minimum Gasteiger partial charge on any atom is -0.397 e. The third kappa shape index (κ3) is 2.15. The van der Waals surface area contributed by atoms with Gasteiger partial charge in [0.15, 0.2) is 0 Å². The van der Waals surface area contributed by atoms with Gasteiger partial charge in [-0.15, -0.1) is 22.7 Å². The lowest BCUT2D eigenvalue weighted by Gasteiger charge is -2.02. The molecule has 3 rings (SSSR count). The van der Waals surface area contributed by atoms with E-state index in [1.54, 1.807) is 6.07 Å². The molecular weight excluding hydrogens is 264 g/mol. The van der Waals surface area contributed by atoms with E-state index in [4.69, 9.17) is 5.73 Å². The van der Waals surface area contributed by atoms with Crippen molar-refractivity contribution in [2.45, 2.75) is 25.8 Å². The molecule has 2 aromatic rings. The van der Waals surface area contributed by atoms with E-state index in [9.17, 15) is 4.79 Å². The van der Waals surface area contributed by atoms with Gasteiger partial charge in [0.05, 0.1) is 12.2 Å². The Morgan fingerprint density at radius 1 is 1.44 bits per heavy atom. The smallest absolute Gasteiger partial charge is 0.263 e. The SMILES string of the molecule is Nc1ccsc1C(=O)NCc1cc2c(s1)CCC2. The molecule has 3 N–H and O–H groups in total. The van der Waals surface area contributed by atoms with E-state index in [2.05, 4.69) is 11.4 Å². The van der Waals surface area contributed by atoms with E-state index in [1.165, 1.54) is 45.9 Å². The van der Waals surface area contributed by atoms with Crippen molar-refractivity contribution in [3.05, 3.63) is 37.7 Å². The number of nitrogens with one attached hydrogen (secondary N) is 1. The first kappa shape index (κ1) is 11.7. The third-order valence-corrected chi connectivity index (χ3v) is 5.29. The number of nitrogens with two attached hydrogens (primary N) is 1. The second-order valence-corrected chi connectivity index (χ2v) is 6.54. The first-order valence-electron chi connectivity index (χ1n) is 5.95. The Morgan fingerprint density at radius 2 is 2.33 bits per heavy atom. The van der Waals surface area contributed by atoms with Gasteiger partial charge in [-0.25, -0.2) is 0 Å². The average Bonchev–Trinajstić information content (AvgIpc) is 3.00. The maximum atomic E-state index is 11.9. The maximum Gasteiger partial charge on any atom is 0.263 e. The van der Waals surface area contributed by atoms with E-state index in [-0.39, 0.29) is 5.91 Å². The van der Waals surface area contributed by atoms with Crippen LogP contribution in [0.3, 0.4) is 0 Å². The molecule has 94 valence electrons. The van der Waals surface area contributed by atoms with Crippen LogP contribution in [0.5, 0.6) is 0 Å². The quantitative estimate of drug-likeness (QED) is 0.907. The summed E-state index contributed by atoms with van der Waals surface area (Å²) in [5.41, 5.74) is 7.75. The number of thiophene rings is 2. The lowest BCUT2D eigenvalue weighted by atomic mass is 10.2. The summed E-state index contributed by atoms with van der Waals surface area (Å²) in [6.45, 7) is 0.605. The van der Waals surface area contributed by atoms with Gasteiger partial charge < -0.3 is 11.1 Å². The second kappa shape index (κ2) is 4.74. The average molecular weight is 278 g/mol. The van der Waals surface area contributed by atoms with E-state index < -0.39 is 0 Å². The predicted molar refractivity (Wildman–Crippen MR) is 76.2 cm³/mol. The number of amides is 1. The van der Waals surface area contributed by atoms with E-state index >= 15 is 0 Å². The molecule has 2 heterocycles. The number of fused-ring (bicyclic) bond motifs is 1. The van der Waals surface area contributed by atoms with Crippen LogP contribution >= 0.6 is 22.7 Å². The summed E-state index contributed by atoms with van der Waals surface area (Å²) in [7, 11) is 0. The molecule has 0 aromatic carbocycles. The van der Waals surface area contributed by atoms with Crippen LogP contribution in [0.2, 0.25) is 0 Å². The van der Waals surface area contributed by atoms with Gasteiger partial charge in [-0.1, -0.05) is 0 Å². The van der Waals surface area contributed by atoms with Crippen LogP contribution in [0.25, 0.3) is 0 Å². The molecule has 0 fully saturated rings. The summed E-state index contributed by atoms with van der Waals surface area (Å²) in [5, 5.41) is 4.77. The number of hydrogen-bond acceptors (Lipinski definition) is 4. The summed E-state index contributed by atoms with van der Waals surface area (Å²) >= 11 is 3.21. The van der Waals surface area contributed by atoms with Crippen molar-refractivity contribution in [1.29, 1.82) is 0 Å². The Labute approximate surface area is 114 Å². The molecule has 0 radical (unpaired) electrons. The van der Waals surface area contributed by atoms with E-state index in [0.717, 1.165) is 0 Å². The Balaban J connectivity index is 1.64. The highest BCUT2D eigenvalue weighted by Gasteiger charge is 2.16. The Bertz CT molecular complexity index is 564. The van der Waals surface area contributed by atoms with Crippen LogP contribution in [0.15, 0.2) is 17.5 Å². The fourth-order valence-corrected chi connectivity index (χ4v) is 4.16. The fraction of sp³-hybridized carbons (Fsp3) is 0.308. The molecule has 0 bridgehead atoms. The molecular formula is C13H14N2OS2. The summed E-state index contributed by atoms with van der Waals surface area (Å²) in [5.74, 6) is -0.0731. The Kier molecular flexibility index (Phi) is 3.09. The first-order valence-corrected chi connectivity index (χ1v) is 7.65. The number of carbonyl (C=O) groups is 1. The Morgan fingerprint density at radius 3 is 3.06 bits per heavy atom. The molecule has 0 saturated heterocycles. The lowest BCUT2D eigenvalue weighted by molar-refractivity contribution is 0.0956. The minimum absolute atomic E-state index is 0.0731. The molecule has 18 heavy (non-hydrogen) atoms. The molecule has 1 amide bonds. The van der Waals surface area contributed by atoms with Gasteiger partial charge in [0.1, 0.15) is 4.88 Å². The van der Waals surface area contributed by atoms with E-state index in [1.807, 2.05) is 16.7 Å². The number of aryl methyl sites for hydroxylation is 2. The van der Waals surface area contributed by atoms with Crippen molar-refractivity contribution in [1.82, 2.24) is 5.32 Å². The topological polar surface area (TPSA) is 55.1 Å². The van der Waals surface area contributed by atoms with Crippen LogP contribution in [-0.4, -0.2) is 5.91 Å². The number of anilines is 1. The zero-order valence-corrected chi connectivity index (χ0v) is 11.5. The highest BCUT2D eigenvalue weighted by Crippen LogP contribution is 2.30. The molecule has 0 saturated carbocycles. The molecule has 3 nitrogen and oxygen atoms in total. The first-order chi connectivity index (χ1) is 8.74. The van der Waals surface area contributed by atoms with Crippen molar-refractivity contribution in [3.8, 4) is 0 Å². The van der Waals surface area contributed by atoms with Crippen molar-refractivity contribution in [3.63, 3.8) is 0 Å². The molecule has 0 atom stereocenters. The summed E-state index contributed by atoms with van der Waals surface area (Å²) in [6, 6.07) is 3.99.